The molecule has 2 aliphatic rings. The monoisotopic (exact) mass is 372 g/mol. The third kappa shape index (κ3) is 4.60. The second-order valence-electron chi connectivity index (χ2n) is 7.72. The van der Waals surface area contributed by atoms with Crippen molar-refractivity contribution in [1.29, 1.82) is 0 Å². The Bertz CT molecular complexity index is 698. The van der Waals surface area contributed by atoms with Crippen LogP contribution in [0.5, 0.6) is 0 Å². The third-order valence-corrected chi connectivity index (χ3v) is 5.85. The van der Waals surface area contributed by atoms with Crippen LogP contribution in [0.15, 0.2) is 24.3 Å². The van der Waals surface area contributed by atoms with Crippen molar-refractivity contribution < 1.29 is 9.18 Å². The number of carbonyl (C=O) groups excluding carboxylic acids is 1. The number of hydrogen-bond acceptors (Lipinski definition) is 3. The summed E-state index contributed by atoms with van der Waals surface area (Å²) >= 11 is 0. The van der Waals surface area contributed by atoms with E-state index < -0.39 is 17.4 Å². The highest BCUT2D eigenvalue weighted by molar-refractivity contribution is 5.92. The summed E-state index contributed by atoms with van der Waals surface area (Å²) in [4.78, 5) is 14.0. The average Bonchev–Trinajstić information content (AvgIpc) is 2.67. The lowest BCUT2D eigenvalue weighted by Crippen LogP contribution is -2.65. The molecule has 4 N–H and O–H groups in total. The van der Waals surface area contributed by atoms with E-state index in [9.17, 15) is 9.18 Å². The van der Waals surface area contributed by atoms with Gasteiger partial charge >= 0.3 is 6.03 Å². The Labute approximate surface area is 160 Å². The smallest absolute Gasteiger partial charge is 0.319 e. The number of primary amides is 1. The summed E-state index contributed by atoms with van der Waals surface area (Å²) < 4.78 is 13.9. The molecular formula is C21H29FN4O. The topological polar surface area (TPSA) is 70.4 Å². The zero-order valence-corrected chi connectivity index (χ0v) is 15.7. The normalized spacial score (nSPS) is 26.3. The van der Waals surface area contributed by atoms with Crippen LogP contribution in [-0.4, -0.2) is 36.7 Å². The lowest BCUT2D eigenvalue weighted by atomic mass is 9.81. The van der Waals surface area contributed by atoms with Crippen molar-refractivity contribution in [3.05, 3.63) is 30.1 Å². The molecule has 27 heavy (non-hydrogen) atoms. The number of nitrogens with zero attached hydrogens (tertiary/aromatic N) is 1. The first-order valence-corrected chi connectivity index (χ1v) is 9.82. The maximum atomic E-state index is 13.9. The summed E-state index contributed by atoms with van der Waals surface area (Å²) in [6, 6.07) is 5.76. The fourth-order valence-corrected chi connectivity index (χ4v) is 4.48. The molecule has 3 rings (SSSR count). The van der Waals surface area contributed by atoms with E-state index in [1.54, 1.807) is 17.0 Å². The SMILES string of the molecule is C#C[C@H]1C[C@](CNC2CCCCC2)(N(C(N)=O)c2cccc(F)c2)CCN1. The van der Waals surface area contributed by atoms with Crippen LogP contribution in [0.2, 0.25) is 0 Å². The van der Waals surface area contributed by atoms with Crippen molar-refractivity contribution >= 4 is 11.7 Å². The minimum atomic E-state index is -0.584. The molecule has 2 atom stereocenters. The summed E-state index contributed by atoms with van der Waals surface area (Å²) in [7, 11) is 0. The van der Waals surface area contributed by atoms with E-state index in [0.717, 1.165) is 12.8 Å². The van der Waals surface area contributed by atoms with Crippen molar-refractivity contribution in [3.63, 3.8) is 0 Å². The highest BCUT2D eigenvalue weighted by Gasteiger charge is 2.44. The number of halogens is 1. The molecule has 0 radical (unpaired) electrons. The molecule has 2 fully saturated rings. The summed E-state index contributed by atoms with van der Waals surface area (Å²) in [5.41, 5.74) is 5.69. The fourth-order valence-electron chi connectivity index (χ4n) is 4.48. The molecule has 1 saturated heterocycles. The number of hydrogen-bond donors (Lipinski definition) is 3. The largest absolute Gasteiger partial charge is 0.351 e. The van der Waals surface area contributed by atoms with Gasteiger partial charge in [-0.2, -0.15) is 0 Å². The first kappa shape index (κ1) is 19.7. The second-order valence-corrected chi connectivity index (χ2v) is 7.72. The molecule has 1 aliphatic carbocycles. The Morgan fingerprint density at radius 2 is 2.19 bits per heavy atom. The summed E-state index contributed by atoms with van der Waals surface area (Å²) in [6.45, 7) is 1.28. The predicted molar refractivity (Wildman–Crippen MR) is 106 cm³/mol. The van der Waals surface area contributed by atoms with Crippen molar-refractivity contribution in [2.24, 2.45) is 5.73 Å². The van der Waals surface area contributed by atoms with Gasteiger partial charge in [-0.05, 0) is 50.4 Å². The molecule has 0 unspecified atom stereocenters. The molecule has 1 heterocycles. The van der Waals surface area contributed by atoms with Gasteiger partial charge in [0.2, 0.25) is 0 Å². The lowest BCUT2D eigenvalue weighted by Gasteiger charge is -2.48. The molecule has 5 nitrogen and oxygen atoms in total. The standard InChI is InChI=1S/C21H29FN4O/c1-2-17-14-21(11-12-24-17,15-25-18-8-4-3-5-9-18)26(20(23)27)19-10-6-7-16(22)13-19/h1,6-7,10,13,17-18,24-25H,3-5,8-9,11-12,14-15H2,(H2,23,27)/t17-,21+/m0/s1. The predicted octanol–water partition coefficient (Wildman–Crippen LogP) is 2.76. The van der Waals surface area contributed by atoms with Gasteiger partial charge in [-0.1, -0.05) is 31.2 Å². The highest BCUT2D eigenvalue weighted by Crippen LogP contribution is 2.34. The highest BCUT2D eigenvalue weighted by atomic mass is 19.1. The number of carbonyl (C=O) groups is 1. The molecule has 1 aromatic rings. The number of benzene rings is 1. The first-order valence-electron chi connectivity index (χ1n) is 9.82. The van der Waals surface area contributed by atoms with Crippen LogP contribution in [0.3, 0.4) is 0 Å². The van der Waals surface area contributed by atoms with Gasteiger partial charge in [-0.25, -0.2) is 9.18 Å². The van der Waals surface area contributed by atoms with E-state index in [-0.39, 0.29) is 6.04 Å². The third-order valence-electron chi connectivity index (χ3n) is 5.85. The quantitative estimate of drug-likeness (QED) is 0.696. The number of anilines is 1. The van der Waals surface area contributed by atoms with Crippen molar-refractivity contribution in [1.82, 2.24) is 10.6 Å². The average molecular weight is 372 g/mol. The Morgan fingerprint density at radius 3 is 2.85 bits per heavy atom. The second kappa shape index (κ2) is 8.73. The molecule has 1 aromatic carbocycles. The van der Waals surface area contributed by atoms with Crippen LogP contribution in [0.4, 0.5) is 14.9 Å². The maximum Gasteiger partial charge on any atom is 0.319 e. The summed E-state index contributed by atoms with van der Waals surface area (Å²) in [6.07, 6.45) is 13.0. The Hall–Kier alpha value is -2.10. The van der Waals surface area contributed by atoms with E-state index in [0.29, 0.717) is 37.7 Å². The van der Waals surface area contributed by atoms with Crippen LogP contribution in [0.1, 0.15) is 44.9 Å². The van der Waals surface area contributed by atoms with E-state index >= 15 is 0 Å². The summed E-state index contributed by atoms with van der Waals surface area (Å²) in [5.74, 6) is 2.37. The number of terminal acetylenes is 1. The van der Waals surface area contributed by atoms with E-state index in [1.165, 1.54) is 31.4 Å². The van der Waals surface area contributed by atoms with Gasteiger partial charge in [0.15, 0.2) is 0 Å². The molecule has 6 heteroatoms. The number of piperidine rings is 1. The number of rotatable bonds is 5. The molecule has 146 valence electrons. The van der Waals surface area contributed by atoms with Crippen molar-refractivity contribution in [3.8, 4) is 12.3 Å². The van der Waals surface area contributed by atoms with Gasteiger partial charge in [0.25, 0.3) is 0 Å². The molecule has 0 spiro atoms. The lowest BCUT2D eigenvalue weighted by molar-refractivity contribution is 0.217. The van der Waals surface area contributed by atoms with Gasteiger partial charge in [-0.15, -0.1) is 6.42 Å². The van der Waals surface area contributed by atoms with Crippen LogP contribution in [-0.2, 0) is 0 Å². The Morgan fingerprint density at radius 1 is 1.41 bits per heavy atom. The van der Waals surface area contributed by atoms with Gasteiger partial charge in [0, 0.05) is 18.3 Å². The molecule has 1 saturated carbocycles. The van der Waals surface area contributed by atoms with Gasteiger partial charge in [-0.3, -0.25) is 4.90 Å². The zero-order chi connectivity index (χ0) is 19.3. The molecule has 0 aromatic heterocycles. The van der Waals surface area contributed by atoms with Crippen molar-refractivity contribution in [2.45, 2.75) is 62.6 Å². The number of nitrogens with one attached hydrogen (secondary N) is 2. The minimum absolute atomic E-state index is 0.151. The first-order chi connectivity index (χ1) is 13.0. The molecule has 1 aliphatic heterocycles. The van der Waals surface area contributed by atoms with Crippen LogP contribution in [0.25, 0.3) is 0 Å². The minimum Gasteiger partial charge on any atom is -0.351 e. The van der Waals surface area contributed by atoms with Crippen LogP contribution < -0.4 is 21.3 Å². The maximum absolute atomic E-state index is 13.9. The van der Waals surface area contributed by atoms with Crippen LogP contribution in [0, 0.1) is 18.2 Å². The molecular weight excluding hydrogens is 343 g/mol. The van der Waals surface area contributed by atoms with Gasteiger partial charge < -0.3 is 16.4 Å². The molecule has 0 bridgehead atoms. The van der Waals surface area contributed by atoms with Crippen LogP contribution >= 0.6 is 0 Å². The molecule has 2 amide bonds. The van der Waals surface area contributed by atoms with Gasteiger partial charge in [0.05, 0.1) is 11.6 Å². The Kier molecular flexibility index (Phi) is 6.35. The van der Waals surface area contributed by atoms with E-state index in [2.05, 4.69) is 16.6 Å². The number of amides is 2. The van der Waals surface area contributed by atoms with Crippen molar-refractivity contribution in [2.75, 3.05) is 18.0 Å². The summed E-state index contributed by atoms with van der Waals surface area (Å²) in [5, 5.41) is 6.96. The number of nitrogens with two attached hydrogens (primary N) is 1. The Balaban J connectivity index is 1.91. The fraction of sp³-hybridized carbons (Fsp3) is 0.571. The van der Waals surface area contributed by atoms with E-state index in [4.69, 9.17) is 12.2 Å². The van der Waals surface area contributed by atoms with E-state index in [1.807, 2.05) is 0 Å². The zero-order valence-electron chi connectivity index (χ0n) is 15.7. The van der Waals surface area contributed by atoms with Gasteiger partial charge in [0.1, 0.15) is 5.82 Å². The number of urea groups is 1.